The lowest BCUT2D eigenvalue weighted by Gasteiger charge is -2.19. The number of rotatable bonds is 6. The largest absolute Gasteiger partial charge is 0.494 e. The van der Waals surface area contributed by atoms with E-state index >= 15 is 0 Å². The Balaban J connectivity index is 2.07. The van der Waals surface area contributed by atoms with Gasteiger partial charge in [-0.05, 0) is 31.2 Å². The second kappa shape index (κ2) is 6.58. The number of hydrogen-bond acceptors (Lipinski definition) is 4. The van der Waals surface area contributed by atoms with Crippen molar-refractivity contribution in [1.82, 2.24) is 0 Å². The molecule has 2 aromatic rings. The van der Waals surface area contributed by atoms with Gasteiger partial charge in [-0.2, -0.15) is 0 Å². The Morgan fingerprint density at radius 1 is 1.04 bits per heavy atom. The van der Waals surface area contributed by atoms with E-state index in [0.717, 1.165) is 4.90 Å². The summed E-state index contributed by atoms with van der Waals surface area (Å²) in [5, 5.41) is 0. The van der Waals surface area contributed by atoms with Gasteiger partial charge in [0.05, 0.1) is 23.4 Å². The molecule has 2 aromatic carbocycles. The molecule has 1 heterocycles. The molecule has 0 N–H and O–H groups in total. The summed E-state index contributed by atoms with van der Waals surface area (Å²) in [6, 6.07) is 11.8. The monoisotopic (exact) mass is 323 g/mol. The van der Waals surface area contributed by atoms with Crippen LogP contribution in [0.1, 0.15) is 27.6 Å². The maximum atomic E-state index is 12.7. The molecule has 0 radical (unpaired) electrons. The first-order valence-corrected chi connectivity index (χ1v) is 7.65. The number of amides is 2. The number of fused-ring (bicyclic) bond motifs is 1. The minimum atomic E-state index is -0.368. The third-order valence-corrected chi connectivity index (χ3v) is 3.63. The van der Waals surface area contributed by atoms with Gasteiger partial charge in [0.2, 0.25) is 0 Å². The van der Waals surface area contributed by atoms with Crippen LogP contribution in [-0.2, 0) is 0 Å². The molecule has 24 heavy (non-hydrogen) atoms. The smallest absolute Gasteiger partial charge is 0.266 e. The van der Waals surface area contributed by atoms with Crippen LogP contribution in [0, 0.1) is 0 Å². The van der Waals surface area contributed by atoms with Gasteiger partial charge in [0.25, 0.3) is 11.8 Å². The Hall–Kier alpha value is -3.08. The molecule has 3 rings (SSSR count). The second-order valence-electron chi connectivity index (χ2n) is 5.15. The molecule has 0 atom stereocenters. The number of nitrogens with zero attached hydrogens (tertiary/aromatic N) is 1. The van der Waals surface area contributed by atoms with Crippen LogP contribution in [0.3, 0.4) is 0 Å². The molecule has 0 saturated heterocycles. The molecule has 0 fully saturated rings. The molecule has 5 nitrogen and oxygen atoms in total. The number of carbonyl (C=O) groups excluding carboxylic acids is 2. The van der Waals surface area contributed by atoms with Crippen LogP contribution in [0.5, 0.6) is 11.5 Å². The van der Waals surface area contributed by atoms with Crippen LogP contribution in [0.4, 0.5) is 5.69 Å². The predicted octanol–water partition coefficient (Wildman–Crippen LogP) is 3.45. The van der Waals surface area contributed by atoms with E-state index in [1.54, 1.807) is 48.5 Å². The number of imide groups is 1. The lowest BCUT2D eigenvalue weighted by Crippen LogP contribution is -2.29. The van der Waals surface area contributed by atoms with Crippen molar-refractivity contribution < 1.29 is 19.1 Å². The summed E-state index contributed by atoms with van der Waals surface area (Å²) in [5.41, 5.74) is 1.15. The van der Waals surface area contributed by atoms with E-state index in [4.69, 9.17) is 9.47 Å². The van der Waals surface area contributed by atoms with Crippen LogP contribution in [0.15, 0.2) is 55.1 Å². The average Bonchev–Trinajstić information content (AvgIpc) is 2.85. The van der Waals surface area contributed by atoms with Crippen molar-refractivity contribution >= 4 is 17.5 Å². The lowest BCUT2D eigenvalue weighted by atomic mass is 10.1. The highest BCUT2D eigenvalue weighted by atomic mass is 16.5. The number of ether oxygens (including phenoxy) is 2. The fourth-order valence-electron chi connectivity index (χ4n) is 2.61. The summed E-state index contributed by atoms with van der Waals surface area (Å²) in [7, 11) is 0. The van der Waals surface area contributed by atoms with Gasteiger partial charge >= 0.3 is 0 Å². The fraction of sp³-hybridized carbons (Fsp3) is 0.158. The molecule has 122 valence electrons. The summed E-state index contributed by atoms with van der Waals surface area (Å²) in [6.07, 6.45) is 1.60. The van der Waals surface area contributed by atoms with Crippen LogP contribution >= 0.6 is 0 Å². The first-order valence-electron chi connectivity index (χ1n) is 7.65. The van der Waals surface area contributed by atoms with Crippen molar-refractivity contribution in [3.8, 4) is 11.5 Å². The highest BCUT2D eigenvalue weighted by Crippen LogP contribution is 2.37. The van der Waals surface area contributed by atoms with Crippen LogP contribution in [-0.4, -0.2) is 25.0 Å². The maximum Gasteiger partial charge on any atom is 0.266 e. The second-order valence-corrected chi connectivity index (χ2v) is 5.15. The van der Waals surface area contributed by atoms with Gasteiger partial charge in [-0.1, -0.05) is 24.8 Å². The minimum absolute atomic E-state index is 0.268. The molecule has 2 amide bonds. The topological polar surface area (TPSA) is 55.8 Å². The van der Waals surface area contributed by atoms with Crippen molar-refractivity contribution in [2.75, 3.05) is 18.1 Å². The maximum absolute atomic E-state index is 12.7. The van der Waals surface area contributed by atoms with Gasteiger partial charge in [0.1, 0.15) is 18.1 Å². The summed E-state index contributed by atoms with van der Waals surface area (Å²) < 4.78 is 11.1. The molecule has 0 aromatic heterocycles. The van der Waals surface area contributed by atoms with E-state index in [0.29, 0.717) is 34.9 Å². The lowest BCUT2D eigenvalue weighted by molar-refractivity contribution is 0.0925. The normalized spacial score (nSPS) is 13.0. The molecular weight excluding hydrogens is 306 g/mol. The average molecular weight is 323 g/mol. The number of benzene rings is 2. The van der Waals surface area contributed by atoms with Crippen LogP contribution in [0.25, 0.3) is 0 Å². The molecule has 0 aliphatic carbocycles. The van der Waals surface area contributed by atoms with E-state index in [2.05, 4.69) is 6.58 Å². The highest BCUT2D eigenvalue weighted by molar-refractivity contribution is 6.34. The Bertz CT molecular complexity index is 778. The summed E-state index contributed by atoms with van der Waals surface area (Å²) in [5.74, 6) is 0.253. The Labute approximate surface area is 140 Å². The third kappa shape index (κ3) is 2.65. The summed E-state index contributed by atoms with van der Waals surface area (Å²) in [4.78, 5) is 26.5. The van der Waals surface area contributed by atoms with Gasteiger partial charge in [-0.3, -0.25) is 9.59 Å². The van der Waals surface area contributed by atoms with Gasteiger partial charge in [-0.25, -0.2) is 4.90 Å². The fourth-order valence-corrected chi connectivity index (χ4v) is 2.61. The van der Waals surface area contributed by atoms with Gasteiger partial charge in [0.15, 0.2) is 0 Å². The molecule has 1 aliphatic rings. The van der Waals surface area contributed by atoms with Gasteiger partial charge in [-0.15, -0.1) is 0 Å². The van der Waals surface area contributed by atoms with Crippen molar-refractivity contribution in [3.05, 3.63) is 66.2 Å². The summed E-state index contributed by atoms with van der Waals surface area (Å²) >= 11 is 0. The molecule has 1 aliphatic heterocycles. The Morgan fingerprint density at radius 2 is 1.71 bits per heavy atom. The SMILES string of the molecule is C=CCOc1ccc(OCC)cc1N1C(=O)c2ccccc2C1=O. The van der Waals surface area contributed by atoms with E-state index in [1.807, 2.05) is 6.92 Å². The standard InChI is InChI=1S/C19H17NO4/c1-3-11-24-17-10-9-13(23-4-2)12-16(17)20-18(21)14-7-5-6-8-15(14)19(20)22/h3,5-10,12H,1,4,11H2,2H3. The highest BCUT2D eigenvalue weighted by Gasteiger charge is 2.38. The van der Waals surface area contributed by atoms with E-state index < -0.39 is 0 Å². The number of carbonyl (C=O) groups is 2. The van der Waals surface area contributed by atoms with E-state index in [9.17, 15) is 9.59 Å². The molecule has 0 unspecified atom stereocenters. The van der Waals surface area contributed by atoms with Crippen molar-refractivity contribution in [3.63, 3.8) is 0 Å². The molecule has 0 spiro atoms. The molecular formula is C19H17NO4. The molecule has 0 bridgehead atoms. The van der Waals surface area contributed by atoms with E-state index in [-0.39, 0.29) is 18.4 Å². The zero-order valence-electron chi connectivity index (χ0n) is 13.3. The molecule has 0 saturated carbocycles. The van der Waals surface area contributed by atoms with E-state index in [1.165, 1.54) is 0 Å². The summed E-state index contributed by atoms with van der Waals surface area (Å²) in [6.45, 7) is 6.23. The first kappa shape index (κ1) is 15.8. The van der Waals surface area contributed by atoms with Crippen molar-refractivity contribution in [2.45, 2.75) is 6.92 Å². The number of anilines is 1. The van der Waals surface area contributed by atoms with Crippen molar-refractivity contribution in [1.29, 1.82) is 0 Å². The predicted molar refractivity (Wildman–Crippen MR) is 90.9 cm³/mol. The van der Waals surface area contributed by atoms with Gasteiger partial charge < -0.3 is 9.47 Å². The Morgan fingerprint density at radius 3 is 2.29 bits per heavy atom. The Kier molecular flexibility index (Phi) is 4.33. The first-order chi connectivity index (χ1) is 11.7. The third-order valence-electron chi connectivity index (χ3n) is 3.63. The van der Waals surface area contributed by atoms with Crippen molar-refractivity contribution in [2.24, 2.45) is 0 Å². The van der Waals surface area contributed by atoms with Crippen LogP contribution < -0.4 is 14.4 Å². The number of hydrogen-bond donors (Lipinski definition) is 0. The zero-order valence-corrected chi connectivity index (χ0v) is 13.3. The zero-order chi connectivity index (χ0) is 17.1. The quantitative estimate of drug-likeness (QED) is 0.603. The molecule has 5 heteroatoms. The van der Waals surface area contributed by atoms with Gasteiger partial charge in [0, 0.05) is 6.07 Å². The minimum Gasteiger partial charge on any atom is -0.494 e. The van der Waals surface area contributed by atoms with Crippen LogP contribution in [0.2, 0.25) is 0 Å².